The van der Waals surface area contributed by atoms with Crippen molar-refractivity contribution >= 4 is 0 Å². The molecule has 0 aromatic rings. The van der Waals surface area contributed by atoms with Gasteiger partial charge in [0.05, 0.1) is 6.10 Å². The summed E-state index contributed by atoms with van der Waals surface area (Å²) < 4.78 is 5.89. The van der Waals surface area contributed by atoms with Crippen molar-refractivity contribution in [2.45, 2.75) is 70.4 Å². The minimum atomic E-state index is 0.523. The molecule has 3 aliphatic rings. The van der Waals surface area contributed by atoms with Crippen LogP contribution in [-0.4, -0.2) is 49.8 Å². The van der Waals surface area contributed by atoms with E-state index in [4.69, 9.17) is 4.74 Å². The summed E-state index contributed by atoms with van der Waals surface area (Å²) in [6.45, 7) is 8.30. The monoisotopic (exact) mass is 294 g/mol. The Bertz CT molecular complexity index is 304. The number of ether oxygens (including phenoxy) is 1. The average molecular weight is 294 g/mol. The summed E-state index contributed by atoms with van der Waals surface area (Å²) in [5.74, 6) is 1.71. The van der Waals surface area contributed by atoms with E-state index in [9.17, 15) is 0 Å². The Morgan fingerprint density at radius 2 is 1.95 bits per heavy atom. The van der Waals surface area contributed by atoms with Crippen molar-refractivity contribution in [2.75, 3.05) is 32.8 Å². The van der Waals surface area contributed by atoms with Gasteiger partial charge in [-0.3, -0.25) is 0 Å². The van der Waals surface area contributed by atoms with Crippen molar-refractivity contribution in [1.82, 2.24) is 10.2 Å². The lowest BCUT2D eigenvalue weighted by atomic mass is 9.83. The SMILES string of the molecule is CCC1OCCC1CN1CCCNC(C2CCCCC2)C1. The van der Waals surface area contributed by atoms with Gasteiger partial charge in [-0.2, -0.15) is 0 Å². The zero-order valence-electron chi connectivity index (χ0n) is 13.9. The minimum absolute atomic E-state index is 0.523. The predicted octanol–water partition coefficient (Wildman–Crippen LogP) is 3.05. The Morgan fingerprint density at radius 1 is 1.10 bits per heavy atom. The molecule has 0 amide bonds. The van der Waals surface area contributed by atoms with Gasteiger partial charge in [-0.1, -0.05) is 26.2 Å². The molecule has 0 spiro atoms. The molecule has 0 bridgehead atoms. The molecule has 3 rings (SSSR count). The summed E-state index contributed by atoms with van der Waals surface area (Å²) in [4.78, 5) is 2.75. The molecule has 1 N–H and O–H groups in total. The third-order valence-electron chi connectivity index (χ3n) is 5.97. The molecule has 3 atom stereocenters. The fourth-order valence-corrected chi connectivity index (χ4v) is 4.73. The highest BCUT2D eigenvalue weighted by atomic mass is 16.5. The molecule has 122 valence electrons. The van der Waals surface area contributed by atoms with Crippen molar-refractivity contribution in [3.05, 3.63) is 0 Å². The van der Waals surface area contributed by atoms with Gasteiger partial charge in [-0.15, -0.1) is 0 Å². The summed E-state index contributed by atoms with van der Waals surface area (Å²) in [5.41, 5.74) is 0. The topological polar surface area (TPSA) is 24.5 Å². The second-order valence-electron chi connectivity index (χ2n) is 7.44. The molecule has 2 heterocycles. The maximum Gasteiger partial charge on any atom is 0.0613 e. The smallest absolute Gasteiger partial charge is 0.0613 e. The Labute approximate surface area is 130 Å². The molecule has 1 saturated carbocycles. The highest BCUT2D eigenvalue weighted by Gasteiger charge is 2.31. The Morgan fingerprint density at radius 3 is 2.76 bits per heavy atom. The van der Waals surface area contributed by atoms with E-state index in [1.54, 1.807) is 0 Å². The minimum Gasteiger partial charge on any atom is -0.378 e. The summed E-state index contributed by atoms with van der Waals surface area (Å²) >= 11 is 0. The summed E-state index contributed by atoms with van der Waals surface area (Å²) in [6, 6.07) is 0.746. The molecule has 0 aromatic carbocycles. The van der Waals surface area contributed by atoms with Crippen LogP contribution in [0.25, 0.3) is 0 Å². The highest BCUT2D eigenvalue weighted by molar-refractivity contribution is 4.86. The van der Waals surface area contributed by atoms with Crippen LogP contribution in [0.15, 0.2) is 0 Å². The van der Waals surface area contributed by atoms with Gasteiger partial charge < -0.3 is 15.0 Å². The zero-order valence-corrected chi connectivity index (χ0v) is 13.9. The van der Waals surface area contributed by atoms with Gasteiger partial charge >= 0.3 is 0 Å². The molecule has 3 heteroatoms. The lowest BCUT2D eigenvalue weighted by Gasteiger charge is -2.34. The Kier molecular flexibility index (Phi) is 5.96. The lowest BCUT2D eigenvalue weighted by molar-refractivity contribution is 0.0736. The van der Waals surface area contributed by atoms with Crippen LogP contribution in [0, 0.1) is 11.8 Å². The zero-order chi connectivity index (χ0) is 14.5. The van der Waals surface area contributed by atoms with Gasteiger partial charge in [-0.25, -0.2) is 0 Å². The number of hydrogen-bond donors (Lipinski definition) is 1. The van der Waals surface area contributed by atoms with Crippen LogP contribution in [0.3, 0.4) is 0 Å². The first-order chi connectivity index (χ1) is 10.4. The van der Waals surface area contributed by atoms with Crippen molar-refractivity contribution in [3.63, 3.8) is 0 Å². The van der Waals surface area contributed by atoms with E-state index >= 15 is 0 Å². The average Bonchev–Trinajstić information content (AvgIpc) is 2.84. The Hall–Kier alpha value is -0.120. The molecular formula is C18H34N2O. The number of rotatable bonds is 4. The van der Waals surface area contributed by atoms with E-state index in [-0.39, 0.29) is 0 Å². The van der Waals surface area contributed by atoms with Gasteiger partial charge in [0, 0.05) is 25.7 Å². The normalized spacial score (nSPS) is 36.7. The van der Waals surface area contributed by atoms with Gasteiger partial charge in [-0.05, 0) is 57.0 Å². The van der Waals surface area contributed by atoms with Gasteiger partial charge in [0.1, 0.15) is 0 Å². The number of hydrogen-bond acceptors (Lipinski definition) is 3. The quantitative estimate of drug-likeness (QED) is 0.862. The van der Waals surface area contributed by atoms with Crippen molar-refractivity contribution in [1.29, 1.82) is 0 Å². The van der Waals surface area contributed by atoms with E-state index in [2.05, 4.69) is 17.1 Å². The summed E-state index contributed by atoms with van der Waals surface area (Å²) in [7, 11) is 0. The standard InChI is InChI=1S/C18H34N2O/c1-2-18-16(9-12-21-18)13-20-11-6-10-19-17(14-20)15-7-4-3-5-8-15/h15-19H,2-14H2,1H3. The van der Waals surface area contributed by atoms with Crippen molar-refractivity contribution in [3.8, 4) is 0 Å². The molecule has 2 saturated heterocycles. The van der Waals surface area contributed by atoms with E-state index in [1.165, 1.54) is 77.5 Å². The summed E-state index contributed by atoms with van der Waals surface area (Å²) in [5, 5.41) is 3.86. The molecule has 3 fully saturated rings. The van der Waals surface area contributed by atoms with Gasteiger partial charge in [0.2, 0.25) is 0 Å². The van der Waals surface area contributed by atoms with E-state index < -0.39 is 0 Å². The third kappa shape index (κ3) is 4.20. The summed E-state index contributed by atoms with van der Waals surface area (Å²) in [6.07, 6.45) is 11.6. The van der Waals surface area contributed by atoms with Crippen LogP contribution >= 0.6 is 0 Å². The van der Waals surface area contributed by atoms with E-state index in [0.717, 1.165) is 24.5 Å². The molecular weight excluding hydrogens is 260 g/mol. The van der Waals surface area contributed by atoms with Crippen LogP contribution in [0.1, 0.15) is 58.3 Å². The molecule has 2 aliphatic heterocycles. The maximum atomic E-state index is 5.89. The van der Waals surface area contributed by atoms with Gasteiger partial charge in [0.15, 0.2) is 0 Å². The first kappa shape index (κ1) is 15.8. The highest BCUT2D eigenvalue weighted by Crippen LogP contribution is 2.29. The predicted molar refractivity (Wildman–Crippen MR) is 87.6 cm³/mol. The number of nitrogens with one attached hydrogen (secondary N) is 1. The van der Waals surface area contributed by atoms with Gasteiger partial charge in [0.25, 0.3) is 0 Å². The van der Waals surface area contributed by atoms with Crippen molar-refractivity contribution in [2.24, 2.45) is 11.8 Å². The first-order valence-corrected chi connectivity index (χ1v) is 9.44. The van der Waals surface area contributed by atoms with E-state index in [1.807, 2.05) is 0 Å². The number of nitrogens with zero attached hydrogens (tertiary/aromatic N) is 1. The van der Waals surface area contributed by atoms with Crippen LogP contribution in [0.2, 0.25) is 0 Å². The lowest BCUT2D eigenvalue weighted by Crippen LogP contribution is -2.45. The van der Waals surface area contributed by atoms with Crippen molar-refractivity contribution < 1.29 is 4.74 Å². The van der Waals surface area contributed by atoms with Crippen LogP contribution in [0.4, 0.5) is 0 Å². The molecule has 0 aromatic heterocycles. The second-order valence-corrected chi connectivity index (χ2v) is 7.44. The fourth-order valence-electron chi connectivity index (χ4n) is 4.73. The van der Waals surface area contributed by atoms with Crippen LogP contribution in [0.5, 0.6) is 0 Å². The third-order valence-corrected chi connectivity index (χ3v) is 5.97. The van der Waals surface area contributed by atoms with E-state index in [0.29, 0.717) is 6.10 Å². The molecule has 1 aliphatic carbocycles. The molecule has 3 unspecified atom stereocenters. The van der Waals surface area contributed by atoms with Crippen LogP contribution < -0.4 is 5.32 Å². The fraction of sp³-hybridized carbons (Fsp3) is 1.00. The van der Waals surface area contributed by atoms with Crippen LogP contribution in [-0.2, 0) is 4.74 Å². The second kappa shape index (κ2) is 7.94. The molecule has 0 radical (unpaired) electrons. The molecule has 21 heavy (non-hydrogen) atoms. The first-order valence-electron chi connectivity index (χ1n) is 9.44. The maximum absolute atomic E-state index is 5.89. The molecule has 3 nitrogen and oxygen atoms in total. The Balaban J connectivity index is 1.54. The largest absolute Gasteiger partial charge is 0.378 e.